The predicted molar refractivity (Wildman–Crippen MR) is 50.1 cm³/mol. The Hall–Kier alpha value is -0.0900. The fourth-order valence-corrected chi connectivity index (χ4v) is 3.94. The van der Waals surface area contributed by atoms with Gasteiger partial charge in [-0.05, 0) is 37.5 Å². The largest absolute Gasteiger partial charge is 0.393 e. The van der Waals surface area contributed by atoms with Crippen LogP contribution in [0.25, 0.3) is 0 Å². The Kier molecular flexibility index (Phi) is 2.36. The predicted octanol–water partition coefficient (Wildman–Crippen LogP) is 0.582. The molecule has 4 heteroatoms. The van der Waals surface area contributed by atoms with Crippen molar-refractivity contribution in [3.05, 3.63) is 0 Å². The number of hydrogen-bond acceptors (Lipinski definition) is 3. The van der Waals surface area contributed by atoms with Gasteiger partial charge in [0, 0.05) is 0 Å². The SMILES string of the molecule is O=S1(=O)CCCC(C(O)C2CC2)C1. The molecule has 0 aromatic rings. The lowest BCUT2D eigenvalue weighted by molar-refractivity contribution is 0.0898. The van der Waals surface area contributed by atoms with Crippen molar-refractivity contribution in [2.45, 2.75) is 31.8 Å². The van der Waals surface area contributed by atoms with Gasteiger partial charge < -0.3 is 5.11 Å². The minimum absolute atomic E-state index is 0.0197. The molecule has 3 nitrogen and oxygen atoms in total. The molecule has 1 aliphatic carbocycles. The quantitative estimate of drug-likeness (QED) is 0.716. The van der Waals surface area contributed by atoms with E-state index in [0.29, 0.717) is 11.7 Å². The molecule has 2 fully saturated rings. The van der Waals surface area contributed by atoms with Crippen molar-refractivity contribution in [1.82, 2.24) is 0 Å². The summed E-state index contributed by atoms with van der Waals surface area (Å²) >= 11 is 0. The van der Waals surface area contributed by atoms with E-state index in [1.807, 2.05) is 0 Å². The molecule has 0 aromatic carbocycles. The summed E-state index contributed by atoms with van der Waals surface area (Å²) in [5.41, 5.74) is 0. The molecule has 76 valence electrons. The maximum atomic E-state index is 11.3. The number of rotatable bonds is 2. The van der Waals surface area contributed by atoms with Gasteiger partial charge in [-0.1, -0.05) is 0 Å². The first-order chi connectivity index (χ1) is 6.08. The van der Waals surface area contributed by atoms with Gasteiger partial charge in [0.25, 0.3) is 0 Å². The second-order valence-corrected chi connectivity index (χ2v) is 6.57. The van der Waals surface area contributed by atoms with Crippen LogP contribution in [0.15, 0.2) is 0 Å². The van der Waals surface area contributed by atoms with Gasteiger partial charge in [0.05, 0.1) is 17.6 Å². The van der Waals surface area contributed by atoms with E-state index < -0.39 is 9.84 Å². The van der Waals surface area contributed by atoms with Crippen molar-refractivity contribution in [3.8, 4) is 0 Å². The van der Waals surface area contributed by atoms with Gasteiger partial charge in [-0.3, -0.25) is 0 Å². The maximum absolute atomic E-state index is 11.3. The van der Waals surface area contributed by atoms with Gasteiger partial charge in [0.1, 0.15) is 0 Å². The molecule has 2 atom stereocenters. The van der Waals surface area contributed by atoms with E-state index in [4.69, 9.17) is 0 Å². The average Bonchev–Trinajstić information content (AvgIpc) is 2.83. The number of sulfone groups is 1. The van der Waals surface area contributed by atoms with Crippen molar-refractivity contribution in [1.29, 1.82) is 0 Å². The summed E-state index contributed by atoms with van der Waals surface area (Å²) in [7, 11) is -2.84. The summed E-state index contributed by atoms with van der Waals surface area (Å²) < 4.78 is 22.6. The molecule has 2 unspecified atom stereocenters. The minimum atomic E-state index is -2.84. The summed E-state index contributed by atoms with van der Waals surface area (Å²) in [6.07, 6.45) is 3.43. The first-order valence-corrected chi connectivity index (χ1v) is 6.79. The lowest BCUT2D eigenvalue weighted by Gasteiger charge is -2.26. The Morgan fingerprint density at radius 1 is 1.15 bits per heavy atom. The van der Waals surface area contributed by atoms with Crippen molar-refractivity contribution in [3.63, 3.8) is 0 Å². The second kappa shape index (κ2) is 3.24. The van der Waals surface area contributed by atoms with Crippen LogP contribution in [0.3, 0.4) is 0 Å². The third-order valence-corrected chi connectivity index (χ3v) is 4.93. The number of hydrogen-bond donors (Lipinski definition) is 1. The van der Waals surface area contributed by atoms with E-state index in [1.54, 1.807) is 0 Å². The van der Waals surface area contributed by atoms with Crippen molar-refractivity contribution in [2.24, 2.45) is 11.8 Å². The monoisotopic (exact) mass is 204 g/mol. The smallest absolute Gasteiger partial charge is 0.150 e. The van der Waals surface area contributed by atoms with E-state index >= 15 is 0 Å². The zero-order valence-electron chi connectivity index (χ0n) is 7.65. The summed E-state index contributed by atoms with van der Waals surface area (Å²) in [5.74, 6) is 0.954. The van der Waals surface area contributed by atoms with Crippen LogP contribution in [-0.2, 0) is 9.84 Å². The zero-order valence-corrected chi connectivity index (χ0v) is 8.46. The highest BCUT2D eigenvalue weighted by atomic mass is 32.2. The Balaban J connectivity index is 1.99. The van der Waals surface area contributed by atoms with Gasteiger partial charge >= 0.3 is 0 Å². The lowest BCUT2D eigenvalue weighted by atomic mass is 9.95. The van der Waals surface area contributed by atoms with Crippen LogP contribution in [0.4, 0.5) is 0 Å². The zero-order chi connectivity index (χ0) is 9.47. The molecule has 1 aliphatic heterocycles. The summed E-state index contributed by atoms with van der Waals surface area (Å²) in [4.78, 5) is 0. The molecule has 0 amide bonds. The topological polar surface area (TPSA) is 54.4 Å². The molecule has 2 aliphatic rings. The third-order valence-electron chi connectivity index (χ3n) is 3.09. The van der Waals surface area contributed by atoms with E-state index in [0.717, 1.165) is 25.7 Å². The molecule has 0 bridgehead atoms. The van der Waals surface area contributed by atoms with Crippen LogP contribution in [0.1, 0.15) is 25.7 Å². The average molecular weight is 204 g/mol. The first kappa shape index (κ1) is 9.46. The summed E-state index contributed by atoms with van der Waals surface area (Å²) in [6, 6.07) is 0. The van der Waals surface area contributed by atoms with Gasteiger partial charge in [0.2, 0.25) is 0 Å². The molecule has 2 rings (SSSR count). The molecule has 1 saturated heterocycles. The third kappa shape index (κ3) is 2.23. The molecule has 0 spiro atoms. The van der Waals surface area contributed by atoms with Crippen molar-refractivity contribution in [2.75, 3.05) is 11.5 Å². The Bertz CT molecular complexity index is 279. The van der Waals surface area contributed by atoms with Gasteiger partial charge in [-0.25, -0.2) is 8.42 Å². The highest BCUT2D eigenvalue weighted by Gasteiger charge is 2.38. The van der Waals surface area contributed by atoms with Crippen LogP contribution < -0.4 is 0 Å². The standard InChI is InChI=1S/C9H16O3S/c10-9(7-3-4-7)8-2-1-5-13(11,12)6-8/h7-10H,1-6H2. The van der Waals surface area contributed by atoms with Gasteiger partial charge in [0.15, 0.2) is 9.84 Å². The van der Waals surface area contributed by atoms with Crippen LogP contribution in [0.5, 0.6) is 0 Å². The van der Waals surface area contributed by atoms with E-state index in [9.17, 15) is 13.5 Å². The van der Waals surface area contributed by atoms with E-state index in [-0.39, 0.29) is 17.8 Å². The van der Waals surface area contributed by atoms with Crippen molar-refractivity contribution < 1.29 is 13.5 Å². The van der Waals surface area contributed by atoms with Crippen LogP contribution in [-0.4, -0.2) is 31.1 Å². The highest BCUT2D eigenvalue weighted by molar-refractivity contribution is 7.91. The Labute approximate surface area is 79.1 Å². The first-order valence-electron chi connectivity index (χ1n) is 4.97. The van der Waals surface area contributed by atoms with Gasteiger partial charge in [-0.2, -0.15) is 0 Å². The normalized spacial score (nSPS) is 35.6. The lowest BCUT2D eigenvalue weighted by Crippen LogP contribution is -2.34. The molecule has 0 aromatic heterocycles. The Morgan fingerprint density at radius 2 is 1.85 bits per heavy atom. The number of aliphatic hydroxyl groups is 1. The summed E-state index contributed by atoms with van der Waals surface area (Å²) in [6.45, 7) is 0. The van der Waals surface area contributed by atoms with Crippen LogP contribution in [0.2, 0.25) is 0 Å². The molecule has 1 heterocycles. The fourth-order valence-electron chi connectivity index (χ4n) is 2.15. The van der Waals surface area contributed by atoms with E-state index in [1.165, 1.54) is 0 Å². The molecule has 0 radical (unpaired) electrons. The highest BCUT2D eigenvalue weighted by Crippen LogP contribution is 2.38. The molecule has 1 saturated carbocycles. The molecular formula is C9H16O3S. The summed E-state index contributed by atoms with van der Waals surface area (Å²) in [5, 5.41) is 9.78. The fraction of sp³-hybridized carbons (Fsp3) is 1.00. The molecule has 13 heavy (non-hydrogen) atoms. The number of aliphatic hydroxyl groups excluding tert-OH is 1. The maximum Gasteiger partial charge on any atom is 0.150 e. The Morgan fingerprint density at radius 3 is 2.38 bits per heavy atom. The minimum Gasteiger partial charge on any atom is -0.393 e. The molecule has 1 N–H and O–H groups in total. The van der Waals surface area contributed by atoms with Gasteiger partial charge in [-0.15, -0.1) is 0 Å². The molecular weight excluding hydrogens is 188 g/mol. The second-order valence-electron chi connectivity index (χ2n) is 4.34. The van der Waals surface area contributed by atoms with Crippen LogP contribution >= 0.6 is 0 Å². The van der Waals surface area contributed by atoms with E-state index in [2.05, 4.69) is 0 Å². The van der Waals surface area contributed by atoms with Crippen molar-refractivity contribution >= 4 is 9.84 Å². The van der Waals surface area contributed by atoms with Crippen LogP contribution in [0, 0.1) is 11.8 Å².